The summed E-state index contributed by atoms with van der Waals surface area (Å²) < 4.78 is 5.40. The predicted octanol–water partition coefficient (Wildman–Crippen LogP) is 1.17. The maximum atomic E-state index is 12.2. The first-order chi connectivity index (χ1) is 11.1. The summed E-state index contributed by atoms with van der Waals surface area (Å²) in [5.41, 5.74) is 0. The highest BCUT2D eigenvalue weighted by molar-refractivity contribution is 5.83. The zero-order valence-electron chi connectivity index (χ0n) is 13.4. The molecule has 2 amide bonds. The van der Waals surface area contributed by atoms with Crippen LogP contribution in [0.25, 0.3) is 0 Å². The summed E-state index contributed by atoms with van der Waals surface area (Å²) in [6.07, 6.45) is 4.67. The van der Waals surface area contributed by atoms with Crippen LogP contribution in [0.1, 0.15) is 44.9 Å². The molecule has 2 fully saturated rings. The van der Waals surface area contributed by atoms with Crippen molar-refractivity contribution in [1.29, 1.82) is 5.26 Å². The van der Waals surface area contributed by atoms with Crippen LogP contribution in [-0.4, -0.2) is 53.8 Å². The molecule has 0 bridgehead atoms. The highest BCUT2D eigenvalue weighted by Gasteiger charge is 2.32. The summed E-state index contributed by atoms with van der Waals surface area (Å²) in [6.45, 7) is 0.588. The Labute approximate surface area is 136 Å². The summed E-state index contributed by atoms with van der Waals surface area (Å²) in [5, 5.41) is 20.6. The Morgan fingerprint density at radius 3 is 2.65 bits per heavy atom. The van der Waals surface area contributed by atoms with Crippen molar-refractivity contribution in [3.63, 3.8) is 0 Å². The maximum absolute atomic E-state index is 12.2. The molecule has 2 atom stereocenters. The SMILES string of the molecule is N#CCNC(=O)[C@H](CC1CCCCC1)OC(=O)N1CC[C@@H](O)C1. The molecule has 0 aromatic rings. The number of carbonyl (C=O) groups is 2. The predicted molar refractivity (Wildman–Crippen MR) is 82.3 cm³/mol. The Balaban J connectivity index is 1.92. The van der Waals surface area contributed by atoms with Crippen molar-refractivity contribution in [1.82, 2.24) is 10.2 Å². The summed E-state index contributed by atoms with van der Waals surface area (Å²) in [5.74, 6) is -0.0382. The number of nitrogens with zero attached hydrogens (tertiary/aromatic N) is 2. The molecule has 0 spiro atoms. The fourth-order valence-corrected chi connectivity index (χ4v) is 3.28. The summed E-state index contributed by atoms with van der Waals surface area (Å²) in [7, 11) is 0. The van der Waals surface area contributed by atoms with Crippen LogP contribution >= 0.6 is 0 Å². The zero-order chi connectivity index (χ0) is 16.7. The van der Waals surface area contributed by atoms with E-state index in [-0.39, 0.29) is 13.1 Å². The molecule has 128 valence electrons. The van der Waals surface area contributed by atoms with Gasteiger partial charge in [0.25, 0.3) is 5.91 Å². The van der Waals surface area contributed by atoms with Crippen LogP contribution in [0.4, 0.5) is 4.79 Å². The molecule has 2 rings (SSSR count). The first kappa shape index (κ1) is 17.5. The van der Waals surface area contributed by atoms with Crippen LogP contribution in [0.3, 0.4) is 0 Å². The van der Waals surface area contributed by atoms with Crippen molar-refractivity contribution in [3.8, 4) is 6.07 Å². The normalized spacial score (nSPS) is 23.1. The van der Waals surface area contributed by atoms with Gasteiger partial charge in [0.05, 0.1) is 12.2 Å². The number of aliphatic hydroxyl groups is 1. The standard InChI is InChI=1S/C16H25N3O4/c17-7-8-18-15(21)14(10-12-4-2-1-3-5-12)23-16(22)19-9-6-13(20)11-19/h12-14,20H,1-6,8-11H2,(H,18,21)/t13-,14+/m1/s1. The van der Waals surface area contributed by atoms with Gasteiger partial charge >= 0.3 is 6.09 Å². The van der Waals surface area contributed by atoms with Gasteiger partial charge < -0.3 is 20.1 Å². The van der Waals surface area contributed by atoms with Crippen LogP contribution < -0.4 is 5.32 Å². The Morgan fingerprint density at radius 1 is 1.30 bits per heavy atom. The molecular weight excluding hydrogens is 298 g/mol. The minimum Gasteiger partial charge on any atom is -0.436 e. The topological polar surface area (TPSA) is 103 Å². The average Bonchev–Trinajstić information content (AvgIpc) is 2.99. The van der Waals surface area contributed by atoms with Crippen LogP contribution in [0.2, 0.25) is 0 Å². The van der Waals surface area contributed by atoms with Gasteiger partial charge in [0, 0.05) is 13.1 Å². The summed E-state index contributed by atoms with van der Waals surface area (Å²) in [6, 6.07) is 1.86. The Kier molecular flexibility index (Phi) is 6.66. The van der Waals surface area contributed by atoms with Gasteiger partial charge in [-0.2, -0.15) is 5.26 Å². The van der Waals surface area contributed by atoms with Crippen LogP contribution in [0.5, 0.6) is 0 Å². The van der Waals surface area contributed by atoms with E-state index in [4.69, 9.17) is 10.00 Å². The number of nitriles is 1. The van der Waals surface area contributed by atoms with Crippen molar-refractivity contribution < 1.29 is 19.4 Å². The number of amides is 2. The van der Waals surface area contributed by atoms with Crippen LogP contribution in [0.15, 0.2) is 0 Å². The van der Waals surface area contributed by atoms with Crippen LogP contribution in [0, 0.1) is 17.2 Å². The summed E-state index contributed by atoms with van der Waals surface area (Å²) in [4.78, 5) is 25.8. The second kappa shape index (κ2) is 8.73. The van der Waals surface area contributed by atoms with E-state index < -0.39 is 24.2 Å². The third-order valence-corrected chi connectivity index (χ3v) is 4.57. The molecule has 7 nitrogen and oxygen atoms in total. The van der Waals surface area contributed by atoms with E-state index in [1.54, 1.807) is 0 Å². The number of β-amino-alcohol motifs (C(OH)–C–C–N with tert-alkyl or cyclic N) is 1. The van der Waals surface area contributed by atoms with Crippen molar-refractivity contribution in [3.05, 3.63) is 0 Å². The lowest BCUT2D eigenvalue weighted by Gasteiger charge is -2.27. The lowest BCUT2D eigenvalue weighted by atomic mass is 9.85. The van der Waals surface area contributed by atoms with Gasteiger partial charge in [-0.15, -0.1) is 0 Å². The van der Waals surface area contributed by atoms with Crippen LogP contribution in [-0.2, 0) is 9.53 Å². The second-order valence-electron chi connectivity index (χ2n) is 6.38. The molecule has 23 heavy (non-hydrogen) atoms. The van der Waals surface area contributed by atoms with E-state index in [9.17, 15) is 14.7 Å². The van der Waals surface area contributed by atoms with Gasteiger partial charge in [0.2, 0.25) is 0 Å². The second-order valence-corrected chi connectivity index (χ2v) is 6.38. The largest absolute Gasteiger partial charge is 0.436 e. The summed E-state index contributed by atoms with van der Waals surface area (Å²) >= 11 is 0. The third-order valence-electron chi connectivity index (χ3n) is 4.57. The molecule has 1 saturated carbocycles. The number of aliphatic hydroxyl groups excluding tert-OH is 1. The number of carbonyl (C=O) groups excluding carboxylic acids is 2. The number of likely N-dealkylation sites (tertiary alicyclic amines) is 1. The molecule has 1 aliphatic heterocycles. The van der Waals surface area contributed by atoms with Gasteiger partial charge in [-0.3, -0.25) is 4.79 Å². The van der Waals surface area contributed by atoms with Gasteiger partial charge in [-0.1, -0.05) is 32.1 Å². The first-order valence-electron chi connectivity index (χ1n) is 8.38. The van der Waals surface area contributed by atoms with Crippen molar-refractivity contribution in [2.24, 2.45) is 5.92 Å². The number of ether oxygens (including phenoxy) is 1. The van der Waals surface area contributed by atoms with Crippen molar-refractivity contribution in [2.75, 3.05) is 19.6 Å². The lowest BCUT2D eigenvalue weighted by Crippen LogP contribution is -2.42. The number of rotatable bonds is 5. The molecule has 0 radical (unpaired) electrons. The molecule has 1 saturated heterocycles. The lowest BCUT2D eigenvalue weighted by molar-refractivity contribution is -0.130. The number of hydrogen-bond donors (Lipinski definition) is 2. The number of hydrogen-bond acceptors (Lipinski definition) is 5. The Morgan fingerprint density at radius 2 is 2.04 bits per heavy atom. The third kappa shape index (κ3) is 5.39. The maximum Gasteiger partial charge on any atom is 0.410 e. The molecule has 2 aliphatic rings. The number of nitrogens with one attached hydrogen (secondary N) is 1. The fourth-order valence-electron chi connectivity index (χ4n) is 3.28. The molecule has 0 aromatic carbocycles. The fraction of sp³-hybridized carbons (Fsp3) is 0.812. The average molecular weight is 323 g/mol. The molecule has 2 N–H and O–H groups in total. The van der Waals surface area contributed by atoms with Gasteiger partial charge in [0.1, 0.15) is 6.54 Å². The Bertz CT molecular complexity index is 457. The van der Waals surface area contributed by atoms with E-state index in [1.165, 1.54) is 11.3 Å². The smallest absolute Gasteiger partial charge is 0.410 e. The molecule has 1 aliphatic carbocycles. The van der Waals surface area contributed by atoms with E-state index in [2.05, 4.69) is 5.32 Å². The molecule has 7 heteroatoms. The highest BCUT2D eigenvalue weighted by atomic mass is 16.6. The van der Waals surface area contributed by atoms with E-state index in [0.717, 1.165) is 25.7 Å². The molecule has 1 heterocycles. The van der Waals surface area contributed by atoms with Gasteiger partial charge in [-0.05, 0) is 18.8 Å². The monoisotopic (exact) mass is 323 g/mol. The quantitative estimate of drug-likeness (QED) is 0.739. The van der Waals surface area contributed by atoms with Crippen molar-refractivity contribution in [2.45, 2.75) is 57.2 Å². The highest BCUT2D eigenvalue weighted by Crippen LogP contribution is 2.28. The minimum atomic E-state index is -0.864. The van der Waals surface area contributed by atoms with E-state index in [0.29, 0.717) is 25.3 Å². The van der Waals surface area contributed by atoms with Gasteiger partial charge in [0.15, 0.2) is 6.10 Å². The Hall–Kier alpha value is -1.81. The molecular formula is C16H25N3O4. The van der Waals surface area contributed by atoms with Gasteiger partial charge in [-0.25, -0.2) is 4.79 Å². The molecule has 0 aromatic heterocycles. The van der Waals surface area contributed by atoms with E-state index >= 15 is 0 Å². The minimum absolute atomic E-state index is 0.0972. The van der Waals surface area contributed by atoms with E-state index in [1.807, 2.05) is 6.07 Å². The zero-order valence-corrected chi connectivity index (χ0v) is 13.4. The molecule has 0 unspecified atom stereocenters. The van der Waals surface area contributed by atoms with Crippen molar-refractivity contribution >= 4 is 12.0 Å². The first-order valence-corrected chi connectivity index (χ1v) is 8.38.